The molecule has 1 aliphatic rings. The van der Waals surface area contributed by atoms with Gasteiger partial charge in [-0.25, -0.2) is 9.18 Å². The van der Waals surface area contributed by atoms with Crippen LogP contribution in [0.1, 0.15) is 11.6 Å². The lowest BCUT2D eigenvalue weighted by Gasteiger charge is -2.10. The second kappa shape index (κ2) is 5.03. The van der Waals surface area contributed by atoms with Gasteiger partial charge in [-0.05, 0) is 18.2 Å². The molecule has 0 unspecified atom stereocenters. The number of rotatable bonds is 2. The van der Waals surface area contributed by atoms with Crippen LogP contribution in [-0.2, 0) is 4.74 Å². The fourth-order valence-electron chi connectivity index (χ4n) is 1.47. The first-order valence-electron chi connectivity index (χ1n) is 4.47. The summed E-state index contributed by atoms with van der Waals surface area (Å²) < 4.78 is 23.1. The Kier molecular flexibility index (Phi) is 3.95. The molecule has 1 aromatic rings. The van der Waals surface area contributed by atoms with Crippen LogP contribution < -0.4 is 10.1 Å². The summed E-state index contributed by atoms with van der Waals surface area (Å²) in [6.45, 7) is 0.142. The van der Waals surface area contributed by atoms with Crippen molar-refractivity contribution in [3.63, 3.8) is 0 Å². The monoisotopic (exact) mass is 247 g/mol. The van der Waals surface area contributed by atoms with Crippen molar-refractivity contribution in [2.45, 2.75) is 6.04 Å². The molecule has 4 nitrogen and oxygen atoms in total. The van der Waals surface area contributed by atoms with Crippen LogP contribution in [0.25, 0.3) is 0 Å². The van der Waals surface area contributed by atoms with Crippen LogP contribution in [0.2, 0.25) is 0 Å². The zero-order valence-corrected chi connectivity index (χ0v) is 9.34. The molecule has 1 N–H and O–H groups in total. The van der Waals surface area contributed by atoms with Gasteiger partial charge in [-0.2, -0.15) is 0 Å². The number of alkyl carbamates (subject to hydrolysis) is 1. The Balaban J connectivity index is 0.00000128. The number of carbonyl (C=O) groups is 1. The summed E-state index contributed by atoms with van der Waals surface area (Å²) >= 11 is 0. The Morgan fingerprint density at radius 3 is 2.88 bits per heavy atom. The Morgan fingerprint density at radius 1 is 1.56 bits per heavy atom. The van der Waals surface area contributed by atoms with Crippen LogP contribution in [0.5, 0.6) is 5.75 Å². The van der Waals surface area contributed by atoms with Gasteiger partial charge in [-0.3, -0.25) is 0 Å². The van der Waals surface area contributed by atoms with E-state index in [1.165, 1.54) is 19.2 Å². The van der Waals surface area contributed by atoms with Crippen molar-refractivity contribution >= 4 is 18.5 Å². The first-order chi connectivity index (χ1) is 7.20. The zero-order valence-electron chi connectivity index (χ0n) is 8.53. The highest BCUT2D eigenvalue weighted by Crippen LogP contribution is 2.25. The molecule has 1 heterocycles. The summed E-state index contributed by atoms with van der Waals surface area (Å²) in [4.78, 5) is 10.8. The van der Waals surface area contributed by atoms with Crippen LogP contribution in [-0.4, -0.2) is 19.8 Å². The molecule has 1 amide bonds. The first-order valence-corrected chi connectivity index (χ1v) is 4.47. The maximum atomic E-state index is 13.4. The van der Waals surface area contributed by atoms with Crippen LogP contribution in [0.15, 0.2) is 18.2 Å². The maximum Gasteiger partial charge on any atom is 0.407 e. The molecular formula is C10H11ClFNO3. The molecule has 0 aliphatic carbocycles. The molecule has 2 rings (SSSR count). The van der Waals surface area contributed by atoms with Gasteiger partial charge in [0.1, 0.15) is 18.2 Å². The van der Waals surface area contributed by atoms with Crippen molar-refractivity contribution in [3.05, 3.63) is 29.6 Å². The molecule has 1 fully saturated rings. The molecule has 6 heteroatoms. The van der Waals surface area contributed by atoms with E-state index in [0.717, 1.165) is 0 Å². The Labute approximate surface area is 98.1 Å². The molecular weight excluding hydrogens is 237 g/mol. The molecule has 0 radical (unpaired) electrons. The molecule has 88 valence electrons. The summed E-state index contributed by atoms with van der Waals surface area (Å²) in [5, 5.41) is 2.51. The minimum absolute atomic E-state index is 0. The predicted molar refractivity (Wildman–Crippen MR) is 57.4 cm³/mol. The average Bonchev–Trinajstić information content (AvgIpc) is 2.65. The number of halogens is 2. The fourth-order valence-corrected chi connectivity index (χ4v) is 1.47. The average molecular weight is 248 g/mol. The lowest BCUT2D eigenvalue weighted by Crippen LogP contribution is -2.19. The minimum Gasteiger partial charge on any atom is -0.497 e. The molecule has 16 heavy (non-hydrogen) atoms. The summed E-state index contributed by atoms with van der Waals surface area (Å²) in [6.07, 6.45) is -0.526. The van der Waals surface area contributed by atoms with Crippen molar-refractivity contribution in [1.82, 2.24) is 5.32 Å². The highest BCUT2D eigenvalue weighted by molar-refractivity contribution is 5.85. The second-order valence-electron chi connectivity index (χ2n) is 3.18. The Morgan fingerprint density at radius 2 is 2.31 bits per heavy atom. The van der Waals surface area contributed by atoms with E-state index in [0.29, 0.717) is 11.3 Å². The Hall–Kier alpha value is -1.49. The third-order valence-corrected chi connectivity index (χ3v) is 2.25. The van der Waals surface area contributed by atoms with Gasteiger partial charge in [0, 0.05) is 5.56 Å². The normalized spacial score (nSPS) is 18.4. The van der Waals surface area contributed by atoms with Gasteiger partial charge in [0.25, 0.3) is 0 Å². The fraction of sp³-hybridized carbons (Fsp3) is 0.300. The standard InChI is InChI=1S/C10H10FNO3.ClH/c1-14-6-2-3-8(11)7(4-6)9-5-15-10(13)12-9;/h2-4,9H,5H2,1H3,(H,12,13);1H/t9-;/m1./s1. The molecule has 1 aromatic carbocycles. The van der Waals surface area contributed by atoms with Gasteiger partial charge in [0.15, 0.2) is 0 Å². The lowest BCUT2D eigenvalue weighted by atomic mass is 10.1. The second-order valence-corrected chi connectivity index (χ2v) is 3.18. The molecule has 0 spiro atoms. The van der Waals surface area contributed by atoms with Crippen LogP contribution in [0.3, 0.4) is 0 Å². The number of ether oxygens (including phenoxy) is 2. The predicted octanol–water partition coefficient (Wildman–Crippen LogP) is 2.04. The van der Waals surface area contributed by atoms with Crippen molar-refractivity contribution in [3.8, 4) is 5.75 Å². The van der Waals surface area contributed by atoms with E-state index in [2.05, 4.69) is 5.32 Å². The number of amides is 1. The van der Waals surface area contributed by atoms with E-state index >= 15 is 0 Å². The molecule has 1 saturated heterocycles. The van der Waals surface area contributed by atoms with Gasteiger partial charge < -0.3 is 14.8 Å². The number of nitrogens with one attached hydrogen (secondary N) is 1. The number of hydrogen-bond acceptors (Lipinski definition) is 3. The molecule has 1 aliphatic heterocycles. The van der Waals surface area contributed by atoms with Gasteiger partial charge >= 0.3 is 6.09 Å². The van der Waals surface area contributed by atoms with Crippen LogP contribution in [0.4, 0.5) is 9.18 Å². The van der Waals surface area contributed by atoms with E-state index in [9.17, 15) is 9.18 Å². The highest BCUT2D eigenvalue weighted by atomic mass is 35.5. The van der Waals surface area contributed by atoms with Gasteiger partial charge in [0.2, 0.25) is 0 Å². The molecule has 0 saturated carbocycles. The largest absolute Gasteiger partial charge is 0.497 e. The summed E-state index contributed by atoms with van der Waals surface area (Å²) in [7, 11) is 1.50. The lowest BCUT2D eigenvalue weighted by molar-refractivity contribution is 0.176. The number of carbonyl (C=O) groups excluding carboxylic acids is 1. The van der Waals surface area contributed by atoms with E-state index in [4.69, 9.17) is 9.47 Å². The van der Waals surface area contributed by atoms with E-state index < -0.39 is 12.1 Å². The van der Waals surface area contributed by atoms with Crippen molar-refractivity contribution in [2.75, 3.05) is 13.7 Å². The summed E-state index contributed by atoms with van der Waals surface area (Å²) in [5.74, 6) is 0.166. The smallest absolute Gasteiger partial charge is 0.407 e. The highest BCUT2D eigenvalue weighted by Gasteiger charge is 2.26. The maximum absolute atomic E-state index is 13.4. The third-order valence-electron chi connectivity index (χ3n) is 2.25. The van der Waals surface area contributed by atoms with E-state index in [1.807, 2.05) is 0 Å². The van der Waals surface area contributed by atoms with Gasteiger partial charge in [-0.15, -0.1) is 12.4 Å². The topological polar surface area (TPSA) is 47.6 Å². The molecule has 0 bridgehead atoms. The molecule has 0 aromatic heterocycles. The van der Waals surface area contributed by atoms with Crippen LogP contribution in [0, 0.1) is 5.82 Å². The third kappa shape index (κ3) is 2.36. The molecule has 1 atom stereocenters. The zero-order chi connectivity index (χ0) is 10.8. The first kappa shape index (κ1) is 12.6. The number of benzene rings is 1. The van der Waals surface area contributed by atoms with E-state index in [-0.39, 0.29) is 24.8 Å². The minimum atomic E-state index is -0.526. The number of cyclic esters (lactones) is 1. The van der Waals surface area contributed by atoms with Crippen molar-refractivity contribution in [1.29, 1.82) is 0 Å². The van der Waals surface area contributed by atoms with Crippen molar-refractivity contribution < 1.29 is 18.7 Å². The summed E-state index contributed by atoms with van der Waals surface area (Å²) in [6, 6.07) is 3.94. The van der Waals surface area contributed by atoms with Crippen molar-refractivity contribution in [2.24, 2.45) is 0 Å². The quantitative estimate of drug-likeness (QED) is 0.870. The van der Waals surface area contributed by atoms with Crippen LogP contribution >= 0.6 is 12.4 Å². The van der Waals surface area contributed by atoms with Gasteiger partial charge in [0.05, 0.1) is 13.2 Å². The summed E-state index contributed by atoms with van der Waals surface area (Å²) in [5.41, 5.74) is 0.375. The number of methoxy groups -OCH3 is 1. The Bertz CT molecular complexity index is 400. The van der Waals surface area contributed by atoms with E-state index in [1.54, 1.807) is 6.07 Å². The SMILES string of the molecule is COc1ccc(F)c([C@H]2COC(=O)N2)c1.Cl. The number of hydrogen-bond donors (Lipinski definition) is 1. The van der Waals surface area contributed by atoms with Gasteiger partial charge in [-0.1, -0.05) is 0 Å².